The first-order valence-electron chi connectivity index (χ1n) is 9.62. The molecular formula is C22H24N2O4. The van der Waals surface area contributed by atoms with Gasteiger partial charge in [-0.05, 0) is 49.6 Å². The van der Waals surface area contributed by atoms with Crippen LogP contribution in [0.3, 0.4) is 0 Å². The molecular weight excluding hydrogens is 356 g/mol. The third-order valence-corrected chi connectivity index (χ3v) is 5.36. The molecule has 0 unspecified atom stereocenters. The second-order valence-corrected chi connectivity index (χ2v) is 7.34. The van der Waals surface area contributed by atoms with Crippen molar-refractivity contribution in [3.63, 3.8) is 0 Å². The predicted molar refractivity (Wildman–Crippen MR) is 104 cm³/mol. The van der Waals surface area contributed by atoms with E-state index >= 15 is 0 Å². The van der Waals surface area contributed by atoms with Crippen LogP contribution in [0.2, 0.25) is 0 Å². The molecule has 0 atom stereocenters. The Bertz CT molecular complexity index is 871. The van der Waals surface area contributed by atoms with Crippen molar-refractivity contribution in [1.29, 1.82) is 0 Å². The van der Waals surface area contributed by atoms with Crippen LogP contribution in [0.15, 0.2) is 42.5 Å². The SMILES string of the molecule is Cc1ccc(C(=O)N2CCC(C(=O)NCc3ccc4c(c3)OCO4)CC2)cc1. The summed E-state index contributed by atoms with van der Waals surface area (Å²) in [6.07, 6.45) is 1.37. The van der Waals surface area contributed by atoms with Crippen LogP contribution in [0.4, 0.5) is 0 Å². The van der Waals surface area contributed by atoms with Crippen LogP contribution in [0.5, 0.6) is 11.5 Å². The number of amides is 2. The highest BCUT2D eigenvalue weighted by atomic mass is 16.7. The van der Waals surface area contributed by atoms with Crippen LogP contribution in [0.1, 0.15) is 34.3 Å². The van der Waals surface area contributed by atoms with Gasteiger partial charge in [-0.15, -0.1) is 0 Å². The fourth-order valence-corrected chi connectivity index (χ4v) is 3.61. The summed E-state index contributed by atoms with van der Waals surface area (Å²) in [7, 11) is 0. The monoisotopic (exact) mass is 380 g/mol. The van der Waals surface area contributed by atoms with Gasteiger partial charge in [0.1, 0.15) is 0 Å². The van der Waals surface area contributed by atoms with E-state index in [1.54, 1.807) is 0 Å². The van der Waals surface area contributed by atoms with Gasteiger partial charge in [-0.3, -0.25) is 9.59 Å². The van der Waals surface area contributed by atoms with Gasteiger partial charge in [0, 0.05) is 31.1 Å². The van der Waals surface area contributed by atoms with Gasteiger partial charge >= 0.3 is 0 Å². The zero-order valence-electron chi connectivity index (χ0n) is 15.9. The lowest BCUT2D eigenvalue weighted by Crippen LogP contribution is -2.42. The molecule has 1 N–H and O–H groups in total. The minimum atomic E-state index is -0.0592. The Morgan fingerprint density at radius 2 is 1.75 bits per heavy atom. The van der Waals surface area contributed by atoms with Crippen molar-refractivity contribution in [2.45, 2.75) is 26.3 Å². The molecule has 1 saturated heterocycles. The van der Waals surface area contributed by atoms with E-state index in [0.717, 1.165) is 22.6 Å². The molecule has 4 rings (SSSR count). The lowest BCUT2D eigenvalue weighted by atomic mass is 9.95. The first-order chi connectivity index (χ1) is 13.6. The Balaban J connectivity index is 1.27. The first kappa shape index (κ1) is 18.3. The summed E-state index contributed by atoms with van der Waals surface area (Å²) >= 11 is 0. The predicted octanol–water partition coefficient (Wildman–Crippen LogP) is 2.89. The number of carbonyl (C=O) groups excluding carboxylic acids is 2. The normalized spacial score (nSPS) is 16.1. The number of ether oxygens (including phenoxy) is 2. The molecule has 0 saturated carbocycles. The van der Waals surface area contributed by atoms with Crippen molar-refractivity contribution in [1.82, 2.24) is 10.2 Å². The number of nitrogens with zero attached hydrogens (tertiary/aromatic N) is 1. The summed E-state index contributed by atoms with van der Waals surface area (Å²) in [6, 6.07) is 13.3. The minimum Gasteiger partial charge on any atom is -0.454 e. The maximum absolute atomic E-state index is 12.6. The summed E-state index contributed by atoms with van der Waals surface area (Å²) in [4.78, 5) is 27.0. The number of nitrogens with one attached hydrogen (secondary N) is 1. The number of benzene rings is 2. The van der Waals surface area contributed by atoms with E-state index in [9.17, 15) is 9.59 Å². The average molecular weight is 380 g/mol. The van der Waals surface area contributed by atoms with Crippen LogP contribution in [-0.4, -0.2) is 36.6 Å². The Hall–Kier alpha value is -3.02. The number of rotatable bonds is 4. The lowest BCUT2D eigenvalue weighted by Gasteiger charge is -2.31. The second kappa shape index (κ2) is 7.92. The molecule has 6 nitrogen and oxygen atoms in total. The van der Waals surface area contributed by atoms with Gasteiger partial charge in [-0.2, -0.15) is 0 Å². The maximum atomic E-state index is 12.6. The standard InChI is InChI=1S/C22H24N2O4/c1-15-2-5-18(6-3-15)22(26)24-10-8-17(9-11-24)21(25)23-13-16-4-7-19-20(12-16)28-14-27-19/h2-7,12,17H,8-11,13-14H2,1H3,(H,23,25). The van der Waals surface area contributed by atoms with Gasteiger partial charge in [0.2, 0.25) is 12.7 Å². The maximum Gasteiger partial charge on any atom is 0.253 e. The van der Waals surface area contributed by atoms with Crippen LogP contribution in [0.25, 0.3) is 0 Å². The Kier molecular flexibility index (Phi) is 5.19. The van der Waals surface area contributed by atoms with E-state index in [0.29, 0.717) is 38.0 Å². The fourth-order valence-electron chi connectivity index (χ4n) is 3.61. The molecule has 0 radical (unpaired) electrons. The molecule has 0 aliphatic carbocycles. The van der Waals surface area contributed by atoms with Gasteiger partial charge in [0.25, 0.3) is 5.91 Å². The van der Waals surface area contributed by atoms with E-state index < -0.39 is 0 Å². The third-order valence-electron chi connectivity index (χ3n) is 5.36. The topological polar surface area (TPSA) is 67.9 Å². The molecule has 0 spiro atoms. The summed E-state index contributed by atoms with van der Waals surface area (Å²) in [5, 5.41) is 3.00. The summed E-state index contributed by atoms with van der Waals surface area (Å²) in [5.74, 6) is 1.48. The highest BCUT2D eigenvalue weighted by molar-refractivity contribution is 5.94. The molecule has 146 valence electrons. The summed E-state index contributed by atoms with van der Waals surface area (Å²) < 4.78 is 10.7. The number of carbonyl (C=O) groups is 2. The van der Waals surface area contributed by atoms with Gasteiger partial charge in [0.05, 0.1) is 0 Å². The van der Waals surface area contributed by atoms with E-state index in [1.807, 2.05) is 54.3 Å². The smallest absolute Gasteiger partial charge is 0.253 e. The van der Waals surface area contributed by atoms with Crippen molar-refractivity contribution < 1.29 is 19.1 Å². The third kappa shape index (κ3) is 3.96. The van der Waals surface area contributed by atoms with Gasteiger partial charge in [-0.1, -0.05) is 23.8 Å². The number of hydrogen-bond donors (Lipinski definition) is 1. The number of fused-ring (bicyclic) bond motifs is 1. The van der Waals surface area contributed by atoms with Crippen LogP contribution in [-0.2, 0) is 11.3 Å². The van der Waals surface area contributed by atoms with E-state index in [-0.39, 0.29) is 24.5 Å². The molecule has 6 heteroatoms. The van der Waals surface area contributed by atoms with Crippen LogP contribution < -0.4 is 14.8 Å². The second-order valence-electron chi connectivity index (χ2n) is 7.34. The Morgan fingerprint density at radius 3 is 2.50 bits per heavy atom. The largest absolute Gasteiger partial charge is 0.454 e. The van der Waals surface area contributed by atoms with E-state index in [2.05, 4.69) is 5.32 Å². The molecule has 2 aliphatic heterocycles. The molecule has 28 heavy (non-hydrogen) atoms. The van der Waals surface area contributed by atoms with Crippen molar-refractivity contribution in [2.75, 3.05) is 19.9 Å². The van der Waals surface area contributed by atoms with E-state index in [1.165, 1.54) is 0 Å². The quantitative estimate of drug-likeness (QED) is 0.886. The number of likely N-dealkylation sites (tertiary alicyclic amines) is 1. The molecule has 0 aromatic heterocycles. The van der Waals surface area contributed by atoms with Gasteiger partial charge in [0.15, 0.2) is 11.5 Å². The van der Waals surface area contributed by atoms with Crippen molar-refractivity contribution >= 4 is 11.8 Å². The van der Waals surface area contributed by atoms with Crippen molar-refractivity contribution in [3.05, 3.63) is 59.2 Å². The zero-order valence-corrected chi connectivity index (χ0v) is 15.9. The minimum absolute atomic E-state index is 0.0409. The van der Waals surface area contributed by atoms with Crippen LogP contribution in [0, 0.1) is 12.8 Å². The van der Waals surface area contributed by atoms with Crippen molar-refractivity contribution in [3.8, 4) is 11.5 Å². The molecule has 2 amide bonds. The molecule has 1 fully saturated rings. The summed E-state index contributed by atoms with van der Waals surface area (Å²) in [5.41, 5.74) is 2.82. The number of piperidine rings is 1. The number of hydrogen-bond acceptors (Lipinski definition) is 4. The van der Waals surface area contributed by atoms with Crippen LogP contribution >= 0.6 is 0 Å². The Morgan fingerprint density at radius 1 is 1.04 bits per heavy atom. The molecule has 0 bridgehead atoms. The van der Waals surface area contributed by atoms with Gasteiger partial charge in [-0.25, -0.2) is 0 Å². The molecule has 2 aliphatic rings. The lowest BCUT2D eigenvalue weighted by molar-refractivity contribution is -0.126. The molecule has 2 aromatic rings. The number of aryl methyl sites for hydroxylation is 1. The van der Waals surface area contributed by atoms with E-state index in [4.69, 9.17) is 9.47 Å². The first-order valence-corrected chi connectivity index (χ1v) is 9.62. The van der Waals surface area contributed by atoms with Crippen molar-refractivity contribution in [2.24, 2.45) is 5.92 Å². The molecule has 2 heterocycles. The highest BCUT2D eigenvalue weighted by Crippen LogP contribution is 2.32. The van der Waals surface area contributed by atoms with Gasteiger partial charge < -0.3 is 19.7 Å². The zero-order chi connectivity index (χ0) is 19.5. The Labute approximate surface area is 164 Å². The summed E-state index contributed by atoms with van der Waals surface area (Å²) in [6.45, 7) is 3.91. The fraction of sp³-hybridized carbons (Fsp3) is 0.364. The highest BCUT2D eigenvalue weighted by Gasteiger charge is 2.27. The average Bonchev–Trinajstić information content (AvgIpc) is 3.20. The molecule has 2 aromatic carbocycles.